The lowest BCUT2D eigenvalue weighted by Crippen LogP contribution is -2.28. The molecule has 1 aromatic carbocycles. The van der Waals surface area contributed by atoms with Crippen LogP contribution in [-0.4, -0.2) is 34.1 Å². The number of carbonyl (C=O) groups excluding carboxylic acids is 2. The summed E-state index contributed by atoms with van der Waals surface area (Å²) in [5.41, 5.74) is 1.27. The van der Waals surface area contributed by atoms with Crippen LogP contribution in [0.25, 0.3) is 11.3 Å². The number of esters is 1. The molecule has 26 heavy (non-hydrogen) atoms. The van der Waals surface area contributed by atoms with Gasteiger partial charge in [-0.3, -0.25) is 0 Å². The molecular weight excluding hydrogens is 424 g/mol. The van der Waals surface area contributed by atoms with Crippen LogP contribution in [0.2, 0.25) is 5.02 Å². The zero-order valence-electron chi connectivity index (χ0n) is 15.0. The fraction of sp³-hybridized carbons (Fsp3) is 0.389. The highest BCUT2D eigenvalue weighted by molar-refractivity contribution is 9.08. The van der Waals surface area contributed by atoms with Gasteiger partial charge in [0.25, 0.3) is 0 Å². The van der Waals surface area contributed by atoms with Gasteiger partial charge in [0, 0.05) is 15.9 Å². The normalized spacial score (nSPS) is 11.3. The molecule has 0 aliphatic carbocycles. The highest BCUT2D eigenvalue weighted by atomic mass is 79.9. The number of halogens is 2. The first kappa shape index (κ1) is 20.5. The number of ether oxygens (including phenoxy) is 2. The molecule has 1 aromatic heterocycles. The van der Waals surface area contributed by atoms with E-state index in [1.165, 1.54) is 6.07 Å². The Labute approximate surface area is 165 Å². The van der Waals surface area contributed by atoms with Crippen LogP contribution in [0.4, 0.5) is 4.79 Å². The Bertz CT molecular complexity index is 827. The average molecular weight is 444 g/mol. The second kappa shape index (κ2) is 8.22. The monoisotopic (exact) mass is 442 g/mol. The van der Waals surface area contributed by atoms with E-state index in [1.807, 2.05) is 6.07 Å². The molecule has 0 unspecified atom stereocenters. The van der Waals surface area contributed by atoms with Crippen LogP contribution in [-0.2, 0) is 14.8 Å². The Morgan fingerprint density at radius 2 is 1.96 bits per heavy atom. The minimum atomic E-state index is -0.703. The Morgan fingerprint density at radius 3 is 2.54 bits per heavy atom. The van der Waals surface area contributed by atoms with Gasteiger partial charge in [0.05, 0.1) is 12.3 Å². The van der Waals surface area contributed by atoms with Crippen LogP contribution in [0.3, 0.4) is 0 Å². The van der Waals surface area contributed by atoms with E-state index in [-0.39, 0.29) is 12.3 Å². The van der Waals surface area contributed by atoms with Crippen molar-refractivity contribution in [1.29, 1.82) is 0 Å². The zero-order valence-corrected chi connectivity index (χ0v) is 17.3. The minimum absolute atomic E-state index is 0.0306. The number of hydrogen-bond acceptors (Lipinski definition) is 5. The van der Waals surface area contributed by atoms with Crippen molar-refractivity contribution in [2.75, 3.05) is 6.61 Å². The fourth-order valence-electron chi connectivity index (χ4n) is 2.17. The zero-order chi connectivity index (χ0) is 19.5. The van der Waals surface area contributed by atoms with E-state index in [9.17, 15) is 9.59 Å². The van der Waals surface area contributed by atoms with E-state index < -0.39 is 17.7 Å². The van der Waals surface area contributed by atoms with E-state index in [0.717, 1.165) is 10.2 Å². The third kappa shape index (κ3) is 4.86. The number of benzene rings is 1. The second-order valence-electron chi connectivity index (χ2n) is 6.47. The molecule has 0 saturated heterocycles. The molecular formula is C18H20BrClN2O4. The number of hydrogen-bond donors (Lipinski definition) is 0. The first-order valence-corrected chi connectivity index (χ1v) is 9.51. The maximum Gasteiger partial charge on any atom is 0.435 e. The molecule has 0 spiro atoms. The van der Waals surface area contributed by atoms with Crippen molar-refractivity contribution in [2.24, 2.45) is 0 Å². The summed E-state index contributed by atoms with van der Waals surface area (Å²) in [7, 11) is 0. The standard InChI is InChI=1S/C18H20BrClN2O4/c1-5-25-16(23)14-9-15(11-6-7-13(20)12(8-11)10-19)22(21-14)17(24)26-18(2,3)4/h6-9H,5,10H2,1-4H3. The predicted octanol–water partition coefficient (Wildman–Crippen LogP) is 5.06. The average Bonchev–Trinajstić information content (AvgIpc) is 2.99. The molecule has 0 aliphatic rings. The van der Waals surface area contributed by atoms with Gasteiger partial charge < -0.3 is 9.47 Å². The summed E-state index contributed by atoms with van der Waals surface area (Å²) >= 11 is 9.53. The Kier molecular flexibility index (Phi) is 6.47. The largest absolute Gasteiger partial charge is 0.461 e. The topological polar surface area (TPSA) is 70.4 Å². The molecule has 2 aromatic rings. The van der Waals surface area contributed by atoms with Gasteiger partial charge in [-0.05, 0) is 51.5 Å². The molecule has 0 amide bonds. The lowest BCUT2D eigenvalue weighted by Gasteiger charge is -2.19. The van der Waals surface area contributed by atoms with Crippen LogP contribution in [0, 0.1) is 0 Å². The van der Waals surface area contributed by atoms with Crippen molar-refractivity contribution < 1.29 is 19.1 Å². The van der Waals surface area contributed by atoms with Crippen LogP contribution in [0.1, 0.15) is 43.7 Å². The van der Waals surface area contributed by atoms with E-state index in [2.05, 4.69) is 21.0 Å². The summed E-state index contributed by atoms with van der Waals surface area (Å²) in [5, 5.41) is 5.23. The number of aromatic nitrogens is 2. The van der Waals surface area contributed by atoms with E-state index >= 15 is 0 Å². The fourth-order valence-corrected chi connectivity index (χ4v) is 2.98. The lowest BCUT2D eigenvalue weighted by molar-refractivity contribution is 0.0502. The van der Waals surface area contributed by atoms with Crippen LogP contribution in [0.5, 0.6) is 0 Å². The first-order valence-electron chi connectivity index (χ1n) is 8.01. The van der Waals surface area contributed by atoms with Gasteiger partial charge >= 0.3 is 12.1 Å². The number of rotatable bonds is 4. The van der Waals surface area contributed by atoms with Crippen molar-refractivity contribution in [1.82, 2.24) is 9.78 Å². The molecule has 0 fully saturated rings. The molecule has 0 N–H and O–H groups in total. The minimum Gasteiger partial charge on any atom is -0.461 e. The van der Waals surface area contributed by atoms with Crippen molar-refractivity contribution in [3.63, 3.8) is 0 Å². The summed E-state index contributed by atoms with van der Waals surface area (Å²) in [6.07, 6.45) is -0.682. The quantitative estimate of drug-likeness (QED) is 0.488. The lowest BCUT2D eigenvalue weighted by atomic mass is 10.1. The maximum absolute atomic E-state index is 12.6. The molecule has 0 atom stereocenters. The number of carbonyl (C=O) groups is 2. The van der Waals surface area contributed by atoms with Gasteiger partial charge in [-0.1, -0.05) is 33.6 Å². The van der Waals surface area contributed by atoms with Crippen molar-refractivity contribution >= 4 is 39.6 Å². The first-order chi connectivity index (χ1) is 12.2. The summed E-state index contributed by atoms with van der Waals surface area (Å²) in [4.78, 5) is 24.6. The summed E-state index contributed by atoms with van der Waals surface area (Å²) < 4.78 is 11.4. The Hall–Kier alpha value is -1.86. The molecule has 0 bridgehead atoms. The molecule has 6 nitrogen and oxygen atoms in total. The van der Waals surface area contributed by atoms with Gasteiger partial charge in [0.15, 0.2) is 5.69 Å². The van der Waals surface area contributed by atoms with Crippen molar-refractivity contribution in [3.8, 4) is 11.3 Å². The van der Waals surface area contributed by atoms with Crippen molar-refractivity contribution in [3.05, 3.63) is 40.5 Å². The molecule has 8 heteroatoms. The number of alkyl halides is 1. The molecule has 0 radical (unpaired) electrons. The number of nitrogens with zero attached hydrogens (tertiary/aromatic N) is 2. The molecule has 1 heterocycles. The SMILES string of the molecule is CCOC(=O)c1cc(-c2ccc(Cl)c(CBr)c2)n(C(=O)OC(C)(C)C)n1. The second-order valence-corrected chi connectivity index (χ2v) is 7.44. The highest BCUT2D eigenvalue weighted by Gasteiger charge is 2.25. The molecule has 2 rings (SSSR count). The van der Waals surface area contributed by atoms with Crippen molar-refractivity contribution in [2.45, 2.75) is 38.6 Å². The predicted molar refractivity (Wildman–Crippen MR) is 103 cm³/mol. The summed E-state index contributed by atoms with van der Waals surface area (Å²) in [6.45, 7) is 7.18. The van der Waals surface area contributed by atoms with Gasteiger partial charge in [-0.15, -0.1) is 0 Å². The van der Waals surface area contributed by atoms with E-state index in [4.69, 9.17) is 21.1 Å². The van der Waals surface area contributed by atoms with Gasteiger partial charge in [0.1, 0.15) is 5.60 Å². The maximum atomic E-state index is 12.6. The molecule has 140 valence electrons. The van der Waals surface area contributed by atoms with Gasteiger partial charge in [-0.25, -0.2) is 9.59 Å². The van der Waals surface area contributed by atoms with Gasteiger partial charge in [0.2, 0.25) is 0 Å². The van der Waals surface area contributed by atoms with E-state index in [0.29, 0.717) is 21.6 Å². The summed E-state index contributed by atoms with van der Waals surface area (Å²) in [6, 6.07) is 6.80. The smallest absolute Gasteiger partial charge is 0.435 e. The third-order valence-electron chi connectivity index (χ3n) is 3.25. The van der Waals surface area contributed by atoms with Gasteiger partial charge in [-0.2, -0.15) is 9.78 Å². The van der Waals surface area contributed by atoms with E-state index in [1.54, 1.807) is 39.8 Å². The van der Waals surface area contributed by atoms with Crippen LogP contribution >= 0.6 is 27.5 Å². The Morgan fingerprint density at radius 1 is 1.27 bits per heavy atom. The van der Waals surface area contributed by atoms with Crippen LogP contribution < -0.4 is 0 Å². The molecule has 0 saturated carbocycles. The van der Waals surface area contributed by atoms with Crippen LogP contribution in [0.15, 0.2) is 24.3 Å². The summed E-state index contributed by atoms with van der Waals surface area (Å²) in [5.74, 6) is -0.606. The third-order valence-corrected chi connectivity index (χ3v) is 4.22. The molecule has 0 aliphatic heterocycles. The highest BCUT2D eigenvalue weighted by Crippen LogP contribution is 2.28. The Balaban J connectivity index is 2.55.